The maximum Gasteiger partial charge on any atom is 0.418 e. The van der Waals surface area contributed by atoms with Crippen LogP contribution in [0.4, 0.5) is 18.9 Å². The molecule has 0 aliphatic rings. The second kappa shape index (κ2) is 6.33. The zero-order valence-corrected chi connectivity index (χ0v) is 12.7. The predicted octanol–water partition coefficient (Wildman–Crippen LogP) is 4.07. The number of rotatable bonds is 3. The van der Waals surface area contributed by atoms with Crippen molar-refractivity contribution in [1.82, 2.24) is 5.43 Å². The maximum absolute atomic E-state index is 12.8. The van der Waals surface area contributed by atoms with Gasteiger partial charge in [-0.25, -0.2) is 0 Å². The Morgan fingerprint density at radius 2 is 1.62 bits per heavy atom. The lowest BCUT2D eigenvalue weighted by molar-refractivity contribution is -0.137. The van der Waals surface area contributed by atoms with Gasteiger partial charge < -0.3 is 0 Å². The molecule has 7 heteroatoms. The molecule has 0 aliphatic carbocycles. The fraction of sp³-hybridized carbons (Fsp3) is 0.0714. The van der Waals surface area contributed by atoms with Crippen LogP contribution >= 0.6 is 22.6 Å². The summed E-state index contributed by atoms with van der Waals surface area (Å²) in [4.78, 5) is 11.8. The van der Waals surface area contributed by atoms with Crippen molar-refractivity contribution in [2.45, 2.75) is 6.18 Å². The Bertz CT molecular complexity index is 641. The van der Waals surface area contributed by atoms with Gasteiger partial charge >= 0.3 is 6.18 Å². The molecule has 2 aromatic rings. The molecule has 0 heterocycles. The van der Waals surface area contributed by atoms with Gasteiger partial charge in [-0.15, -0.1) is 0 Å². The molecule has 0 bridgehead atoms. The standard InChI is InChI=1S/C14H10F3IN2O/c15-14(16,17)11-3-1-2-4-12(11)19-20-13(21)9-5-7-10(18)8-6-9/h1-8,19H,(H,20,21). The molecule has 2 aromatic carbocycles. The predicted molar refractivity (Wildman–Crippen MR) is 81.7 cm³/mol. The van der Waals surface area contributed by atoms with E-state index in [1.165, 1.54) is 18.2 Å². The van der Waals surface area contributed by atoms with E-state index in [1.807, 2.05) is 0 Å². The molecule has 0 unspecified atom stereocenters. The zero-order chi connectivity index (χ0) is 15.5. The van der Waals surface area contributed by atoms with Crippen LogP contribution in [-0.2, 0) is 6.18 Å². The summed E-state index contributed by atoms with van der Waals surface area (Å²) < 4.78 is 39.3. The summed E-state index contributed by atoms with van der Waals surface area (Å²) in [6.07, 6.45) is -4.49. The van der Waals surface area contributed by atoms with Crippen molar-refractivity contribution in [3.8, 4) is 0 Å². The number of anilines is 1. The van der Waals surface area contributed by atoms with E-state index in [4.69, 9.17) is 0 Å². The quantitative estimate of drug-likeness (QED) is 0.596. The van der Waals surface area contributed by atoms with Gasteiger partial charge in [-0.3, -0.25) is 15.6 Å². The fourth-order valence-corrected chi connectivity index (χ4v) is 2.00. The van der Waals surface area contributed by atoms with Gasteiger partial charge in [-0.2, -0.15) is 13.2 Å². The highest BCUT2D eigenvalue weighted by Crippen LogP contribution is 2.34. The molecule has 2 rings (SSSR count). The average molecular weight is 406 g/mol. The van der Waals surface area contributed by atoms with Gasteiger partial charge in [0.25, 0.3) is 5.91 Å². The highest BCUT2D eigenvalue weighted by molar-refractivity contribution is 14.1. The van der Waals surface area contributed by atoms with Gasteiger partial charge in [0.2, 0.25) is 0 Å². The maximum atomic E-state index is 12.8. The van der Waals surface area contributed by atoms with E-state index in [0.29, 0.717) is 5.56 Å². The number of hydrazine groups is 1. The van der Waals surface area contributed by atoms with Crippen LogP contribution in [-0.4, -0.2) is 5.91 Å². The van der Waals surface area contributed by atoms with Crippen molar-refractivity contribution in [2.24, 2.45) is 0 Å². The smallest absolute Gasteiger partial charge is 0.298 e. The van der Waals surface area contributed by atoms with Crippen molar-refractivity contribution >= 4 is 34.2 Å². The Balaban J connectivity index is 2.10. The van der Waals surface area contributed by atoms with Crippen LogP contribution in [0.15, 0.2) is 48.5 Å². The van der Waals surface area contributed by atoms with Gasteiger partial charge in [0.1, 0.15) is 0 Å². The normalized spacial score (nSPS) is 11.0. The minimum Gasteiger partial charge on any atom is -0.298 e. The molecule has 0 aromatic heterocycles. The highest BCUT2D eigenvalue weighted by Gasteiger charge is 2.33. The molecule has 21 heavy (non-hydrogen) atoms. The largest absolute Gasteiger partial charge is 0.418 e. The third-order valence-electron chi connectivity index (χ3n) is 2.65. The van der Waals surface area contributed by atoms with Crippen LogP contribution < -0.4 is 10.9 Å². The summed E-state index contributed by atoms with van der Waals surface area (Å²) in [6.45, 7) is 0. The minimum absolute atomic E-state index is 0.205. The van der Waals surface area contributed by atoms with E-state index in [9.17, 15) is 18.0 Å². The fourth-order valence-electron chi connectivity index (χ4n) is 1.64. The summed E-state index contributed by atoms with van der Waals surface area (Å²) in [5, 5.41) is 0. The molecule has 0 saturated carbocycles. The lowest BCUT2D eigenvalue weighted by Crippen LogP contribution is -2.30. The third kappa shape index (κ3) is 4.10. The number of carbonyl (C=O) groups is 1. The lowest BCUT2D eigenvalue weighted by Gasteiger charge is -2.14. The third-order valence-corrected chi connectivity index (χ3v) is 3.37. The Morgan fingerprint density at radius 3 is 2.24 bits per heavy atom. The molecule has 0 radical (unpaired) electrons. The van der Waals surface area contributed by atoms with Gasteiger partial charge in [-0.1, -0.05) is 12.1 Å². The number of carbonyl (C=O) groups excluding carboxylic acids is 1. The van der Waals surface area contributed by atoms with E-state index >= 15 is 0 Å². The summed E-state index contributed by atoms with van der Waals surface area (Å²) >= 11 is 2.09. The van der Waals surface area contributed by atoms with E-state index in [-0.39, 0.29) is 5.69 Å². The molecule has 0 spiro atoms. The van der Waals surface area contributed by atoms with Crippen LogP contribution in [0.3, 0.4) is 0 Å². The van der Waals surface area contributed by atoms with Gasteiger partial charge in [-0.05, 0) is 59.0 Å². The SMILES string of the molecule is O=C(NNc1ccccc1C(F)(F)F)c1ccc(I)cc1. The van der Waals surface area contributed by atoms with E-state index < -0.39 is 17.6 Å². The van der Waals surface area contributed by atoms with Crippen molar-refractivity contribution in [1.29, 1.82) is 0 Å². The number of halogens is 4. The Kier molecular flexibility index (Phi) is 4.71. The second-order valence-electron chi connectivity index (χ2n) is 4.13. The number of hydrogen-bond donors (Lipinski definition) is 2. The van der Waals surface area contributed by atoms with Crippen molar-refractivity contribution < 1.29 is 18.0 Å². The van der Waals surface area contributed by atoms with E-state index in [2.05, 4.69) is 33.4 Å². The van der Waals surface area contributed by atoms with Crippen LogP contribution in [0, 0.1) is 3.57 Å². The molecule has 110 valence electrons. The Hall–Kier alpha value is -1.77. The topological polar surface area (TPSA) is 41.1 Å². The molecule has 0 atom stereocenters. The Labute approximate surface area is 132 Å². The monoisotopic (exact) mass is 406 g/mol. The summed E-state index contributed by atoms with van der Waals surface area (Å²) in [5.41, 5.74) is 3.88. The summed E-state index contributed by atoms with van der Waals surface area (Å²) in [5.74, 6) is -0.511. The molecule has 0 aliphatic heterocycles. The van der Waals surface area contributed by atoms with Crippen molar-refractivity contribution in [2.75, 3.05) is 5.43 Å². The molecular formula is C14H10F3IN2O. The minimum atomic E-state index is -4.49. The highest BCUT2D eigenvalue weighted by atomic mass is 127. The molecule has 0 saturated heterocycles. The zero-order valence-electron chi connectivity index (χ0n) is 10.5. The van der Waals surface area contributed by atoms with Crippen molar-refractivity contribution in [3.63, 3.8) is 0 Å². The Morgan fingerprint density at radius 1 is 1.00 bits per heavy atom. The van der Waals surface area contributed by atoms with Crippen molar-refractivity contribution in [3.05, 3.63) is 63.2 Å². The molecule has 0 fully saturated rings. The van der Waals surface area contributed by atoms with Gasteiger partial charge in [0.05, 0.1) is 11.3 Å². The number of benzene rings is 2. The van der Waals surface area contributed by atoms with Crippen LogP contribution in [0.2, 0.25) is 0 Å². The van der Waals surface area contributed by atoms with Crippen LogP contribution in [0.1, 0.15) is 15.9 Å². The number of amides is 1. The molecule has 2 N–H and O–H groups in total. The van der Waals surface area contributed by atoms with E-state index in [1.54, 1.807) is 24.3 Å². The average Bonchev–Trinajstić information content (AvgIpc) is 2.45. The number of alkyl halides is 3. The molecular weight excluding hydrogens is 396 g/mol. The second-order valence-corrected chi connectivity index (χ2v) is 5.37. The first kappa shape index (κ1) is 15.6. The number of hydrogen-bond acceptors (Lipinski definition) is 2. The molecule has 1 amide bonds. The van der Waals surface area contributed by atoms with Crippen LogP contribution in [0.5, 0.6) is 0 Å². The van der Waals surface area contributed by atoms with E-state index in [0.717, 1.165) is 9.64 Å². The van der Waals surface area contributed by atoms with Gasteiger partial charge in [0.15, 0.2) is 0 Å². The molecule has 3 nitrogen and oxygen atoms in total. The first-order valence-corrected chi connectivity index (χ1v) is 6.94. The lowest BCUT2D eigenvalue weighted by atomic mass is 10.2. The summed E-state index contributed by atoms with van der Waals surface area (Å²) in [6, 6.07) is 11.6. The summed E-state index contributed by atoms with van der Waals surface area (Å²) in [7, 11) is 0. The first-order valence-electron chi connectivity index (χ1n) is 5.86. The van der Waals surface area contributed by atoms with Crippen LogP contribution in [0.25, 0.3) is 0 Å². The van der Waals surface area contributed by atoms with Gasteiger partial charge in [0, 0.05) is 9.13 Å². The number of para-hydroxylation sites is 1. The first-order chi connectivity index (χ1) is 9.88. The number of nitrogens with one attached hydrogen (secondary N) is 2.